The minimum absolute atomic E-state index is 0.161. The molecule has 0 saturated carbocycles. The SMILES string of the molecule is CC[C@H](CO)NCc1ccc2ccc3cccc4ccc1c2c34. The summed E-state index contributed by atoms with van der Waals surface area (Å²) in [5, 5.41) is 20.8. The van der Waals surface area contributed by atoms with Crippen LogP contribution in [0, 0.1) is 0 Å². The number of nitrogens with one attached hydrogen (secondary N) is 1. The standard InChI is InChI=1S/C21H21NO/c1-2-18(13-23)22-12-17-9-8-16-7-6-14-4-3-5-15-10-11-19(17)21(16)20(14)15/h3-11,18,22-23H,2,12-13H2,1H3/t18-/m1/s1. The molecule has 0 heterocycles. The van der Waals surface area contributed by atoms with Crippen molar-refractivity contribution in [3.05, 3.63) is 60.2 Å². The predicted octanol–water partition coefficient (Wildman–Crippen LogP) is 4.44. The van der Waals surface area contributed by atoms with E-state index in [-0.39, 0.29) is 12.6 Å². The third kappa shape index (κ3) is 2.35. The highest BCUT2D eigenvalue weighted by Crippen LogP contribution is 2.35. The van der Waals surface area contributed by atoms with E-state index in [9.17, 15) is 5.11 Å². The Labute approximate surface area is 136 Å². The zero-order chi connectivity index (χ0) is 15.8. The van der Waals surface area contributed by atoms with Crippen LogP contribution in [-0.2, 0) is 6.54 Å². The van der Waals surface area contributed by atoms with E-state index in [2.05, 4.69) is 66.8 Å². The van der Waals surface area contributed by atoms with Gasteiger partial charge in [0.05, 0.1) is 6.61 Å². The van der Waals surface area contributed by atoms with Gasteiger partial charge in [0.15, 0.2) is 0 Å². The number of aliphatic hydroxyl groups is 1. The largest absolute Gasteiger partial charge is 0.395 e. The van der Waals surface area contributed by atoms with E-state index in [1.54, 1.807) is 0 Å². The minimum Gasteiger partial charge on any atom is -0.395 e. The van der Waals surface area contributed by atoms with Crippen molar-refractivity contribution in [2.45, 2.75) is 25.9 Å². The Morgan fingerprint density at radius 1 is 0.870 bits per heavy atom. The van der Waals surface area contributed by atoms with Gasteiger partial charge in [-0.25, -0.2) is 0 Å². The van der Waals surface area contributed by atoms with Crippen LogP contribution in [0.5, 0.6) is 0 Å². The van der Waals surface area contributed by atoms with E-state index in [0.29, 0.717) is 0 Å². The van der Waals surface area contributed by atoms with Crippen LogP contribution >= 0.6 is 0 Å². The van der Waals surface area contributed by atoms with Gasteiger partial charge in [-0.15, -0.1) is 0 Å². The molecule has 4 aromatic rings. The molecule has 1 atom stereocenters. The Morgan fingerprint density at radius 2 is 1.52 bits per heavy atom. The number of rotatable bonds is 5. The molecular formula is C21H21NO. The van der Waals surface area contributed by atoms with E-state index in [0.717, 1.165) is 13.0 Å². The summed E-state index contributed by atoms with van der Waals surface area (Å²) in [6.07, 6.45) is 0.933. The van der Waals surface area contributed by atoms with Crippen molar-refractivity contribution in [3.63, 3.8) is 0 Å². The molecule has 0 aromatic heterocycles. The van der Waals surface area contributed by atoms with E-state index in [1.165, 1.54) is 37.9 Å². The average Bonchev–Trinajstić information content (AvgIpc) is 2.61. The number of hydrogen-bond acceptors (Lipinski definition) is 2. The first-order valence-electron chi connectivity index (χ1n) is 8.31. The molecule has 0 radical (unpaired) electrons. The van der Waals surface area contributed by atoms with Crippen LogP contribution in [0.3, 0.4) is 0 Å². The first kappa shape index (κ1) is 14.4. The second-order valence-corrected chi connectivity index (χ2v) is 6.25. The van der Waals surface area contributed by atoms with Gasteiger partial charge in [0.1, 0.15) is 0 Å². The van der Waals surface area contributed by atoms with Gasteiger partial charge >= 0.3 is 0 Å². The maximum atomic E-state index is 9.38. The summed E-state index contributed by atoms with van der Waals surface area (Å²) in [4.78, 5) is 0. The fourth-order valence-electron chi connectivity index (χ4n) is 3.54. The molecule has 2 heteroatoms. The van der Waals surface area contributed by atoms with Crippen molar-refractivity contribution < 1.29 is 5.11 Å². The molecule has 4 aromatic carbocycles. The van der Waals surface area contributed by atoms with Gasteiger partial charge in [-0.3, -0.25) is 0 Å². The molecule has 0 fully saturated rings. The molecule has 4 rings (SSSR count). The molecule has 0 spiro atoms. The second-order valence-electron chi connectivity index (χ2n) is 6.25. The summed E-state index contributed by atoms with van der Waals surface area (Å²) in [6.45, 7) is 3.06. The Morgan fingerprint density at radius 3 is 2.22 bits per heavy atom. The quantitative estimate of drug-likeness (QED) is 0.534. The van der Waals surface area contributed by atoms with Gasteiger partial charge in [-0.05, 0) is 44.3 Å². The van der Waals surface area contributed by atoms with Crippen molar-refractivity contribution in [2.24, 2.45) is 0 Å². The zero-order valence-corrected chi connectivity index (χ0v) is 13.3. The summed E-state index contributed by atoms with van der Waals surface area (Å²) in [6, 6.07) is 20.0. The summed E-state index contributed by atoms with van der Waals surface area (Å²) >= 11 is 0. The number of benzene rings is 4. The molecule has 23 heavy (non-hydrogen) atoms. The molecule has 2 nitrogen and oxygen atoms in total. The van der Waals surface area contributed by atoms with Gasteiger partial charge in [-0.1, -0.05) is 61.5 Å². The molecular weight excluding hydrogens is 282 g/mol. The summed E-state index contributed by atoms with van der Waals surface area (Å²) in [5.41, 5.74) is 1.29. The third-order valence-corrected chi connectivity index (χ3v) is 4.91. The average molecular weight is 303 g/mol. The third-order valence-electron chi connectivity index (χ3n) is 4.91. The predicted molar refractivity (Wildman–Crippen MR) is 98.2 cm³/mol. The van der Waals surface area contributed by atoms with Crippen LogP contribution in [-0.4, -0.2) is 17.8 Å². The van der Waals surface area contributed by atoms with Crippen molar-refractivity contribution in [1.29, 1.82) is 0 Å². The summed E-state index contributed by atoms with van der Waals surface area (Å²) < 4.78 is 0. The Kier molecular flexibility index (Phi) is 3.64. The lowest BCUT2D eigenvalue weighted by molar-refractivity contribution is 0.238. The molecule has 0 aliphatic heterocycles. The molecule has 0 saturated heterocycles. The highest BCUT2D eigenvalue weighted by Gasteiger charge is 2.11. The van der Waals surface area contributed by atoms with E-state index >= 15 is 0 Å². The van der Waals surface area contributed by atoms with Crippen molar-refractivity contribution in [3.8, 4) is 0 Å². The first-order valence-corrected chi connectivity index (χ1v) is 8.31. The van der Waals surface area contributed by atoms with E-state index in [4.69, 9.17) is 0 Å². The van der Waals surface area contributed by atoms with Crippen molar-refractivity contribution in [1.82, 2.24) is 5.32 Å². The Bertz CT molecular complexity index is 940. The molecule has 116 valence electrons. The smallest absolute Gasteiger partial charge is 0.0584 e. The summed E-state index contributed by atoms with van der Waals surface area (Å²) in [5.74, 6) is 0. The van der Waals surface area contributed by atoms with Gasteiger partial charge in [0, 0.05) is 12.6 Å². The monoisotopic (exact) mass is 303 g/mol. The van der Waals surface area contributed by atoms with Crippen molar-refractivity contribution in [2.75, 3.05) is 6.61 Å². The molecule has 0 aliphatic carbocycles. The number of aliphatic hydroxyl groups excluding tert-OH is 1. The van der Waals surface area contributed by atoms with Gasteiger partial charge in [0.25, 0.3) is 0 Å². The summed E-state index contributed by atoms with van der Waals surface area (Å²) in [7, 11) is 0. The maximum absolute atomic E-state index is 9.38. The topological polar surface area (TPSA) is 32.3 Å². The van der Waals surface area contributed by atoms with E-state index in [1.807, 2.05) is 0 Å². The van der Waals surface area contributed by atoms with Crippen LogP contribution < -0.4 is 5.32 Å². The lowest BCUT2D eigenvalue weighted by Gasteiger charge is -2.17. The van der Waals surface area contributed by atoms with Crippen LogP contribution in [0.25, 0.3) is 32.3 Å². The van der Waals surface area contributed by atoms with Crippen LogP contribution in [0.1, 0.15) is 18.9 Å². The maximum Gasteiger partial charge on any atom is 0.0584 e. The first-order chi connectivity index (χ1) is 11.3. The molecule has 0 bridgehead atoms. The Balaban J connectivity index is 1.89. The Hall–Kier alpha value is -2.16. The van der Waals surface area contributed by atoms with Crippen molar-refractivity contribution >= 4 is 32.3 Å². The van der Waals surface area contributed by atoms with Crippen LogP contribution in [0.2, 0.25) is 0 Å². The lowest BCUT2D eigenvalue weighted by atomic mass is 9.92. The lowest BCUT2D eigenvalue weighted by Crippen LogP contribution is -2.31. The molecule has 0 aliphatic rings. The molecule has 0 amide bonds. The fraction of sp³-hybridized carbons (Fsp3) is 0.238. The number of hydrogen-bond donors (Lipinski definition) is 2. The molecule has 0 unspecified atom stereocenters. The highest BCUT2D eigenvalue weighted by molar-refractivity contribution is 6.23. The zero-order valence-electron chi connectivity index (χ0n) is 13.3. The van der Waals surface area contributed by atoms with Gasteiger partial charge in [-0.2, -0.15) is 0 Å². The van der Waals surface area contributed by atoms with Crippen LogP contribution in [0.15, 0.2) is 54.6 Å². The fourth-order valence-corrected chi connectivity index (χ4v) is 3.54. The van der Waals surface area contributed by atoms with Crippen LogP contribution in [0.4, 0.5) is 0 Å². The minimum atomic E-state index is 0.161. The normalized spacial score (nSPS) is 13.3. The van der Waals surface area contributed by atoms with Gasteiger partial charge in [0.2, 0.25) is 0 Å². The molecule has 2 N–H and O–H groups in total. The van der Waals surface area contributed by atoms with E-state index < -0.39 is 0 Å². The van der Waals surface area contributed by atoms with Gasteiger partial charge < -0.3 is 10.4 Å². The second kappa shape index (κ2) is 5.80. The highest BCUT2D eigenvalue weighted by atomic mass is 16.3.